The van der Waals surface area contributed by atoms with Crippen LogP contribution in [-0.4, -0.2) is 35.3 Å². The first-order valence-electron chi connectivity index (χ1n) is 11.9. The predicted octanol–water partition coefficient (Wildman–Crippen LogP) is 5.46. The first kappa shape index (κ1) is 23.6. The Hall–Kier alpha value is -3.54. The Labute approximate surface area is 201 Å². The second kappa shape index (κ2) is 11.1. The van der Waals surface area contributed by atoms with Crippen LogP contribution in [-0.2, 0) is 17.6 Å². The lowest BCUT2D eigenvalue weighted by Gasteiger charge is -2.16. The maximum Gasteiger partial charge on any atom is 0.303 e. The molecular weight excluding hydrogens is 428 g/mol. The summed E-state index contributed by atoms with van der Waals surface area (Å²) >= 11 is 0. The van der Waals surface area contributed by atoms with Crippen molar-refractivity contribution in [2.75, 3.05) is 18.5 Å². The minimum absolute atomic E-state index is 0.00848. The SMILES string of the molecule is CC(C)Oc1ccnc(NCCCOc2ccc3c(c2)Cc2ccccc2C(CC(=O)O)C3)c1. The summed E-state index contributed by atoms with van der Waals surface area (Å²) in [7, 11) is 0. The summed E-state index contributed by atoms with van der Waals surface area (Å²) < 4.78 is 11.7. The van der Waals surface area contributed by atoms with Gasteiger partial charge in [-0.05, 0) is 79.5 Å². The van der Waals surface area contributed by atoms with E-state index in [0.717, 1.165) is 48.7 Å². The standard InChI is InChI=1S/C28H32N2O4/c1-19(2)34-25-10-12-30-27(18-25)29-11-5-13-33-24-9-8-20-14-23(17-28(31)32)26-7-4-3-6-21(26)15-22(20)16-24/h3-4,6-10,12,16,18-19,23H,5,11,13-15,17H2,1-2H3,(H,29,30)(H,31,32). The quantitative estimate of drug-likeness (QED) is 0.391. The second-order valence-electron chi connectivity index (χ2n) is 8.98. The van der Waals surface area contributed by atoms with Gasteiger partial charge in [0.1, 0.15) is 17.3 Å². The lowest BCUT2D eigenvalue weighted by Crippen LogP contribution is -2.10. The zero-order valence-electron chi connectivity index (χ0n) is 19.8. The van der Waals surface area contributed by atoms with E-state index < -0.39 is 5.97 Å². The number of rotatable bonds is 10. The van der Waals surface area contributed by atoms with Crippen LogP contribution in [0.15, 0.2) is 60.8 Å². The monoisotopic (exact) mass is 460 g/mol. The van der Waals surface area contributed by atoms with Gasteiger partial charge in [0.05, 0.1) is 19.1 Å². The van der Waals surface area contributed by atoms with Crippen LogP contribution in [0, 0.1) is 0 Å². The first-order chi connectivity index (χ1) is 16.5. The molecular formula is C28H32N2O4. The molecule has 0 saturated heterocycles. The van der Waals surface area contributed by atoms with Gasteiger partial charge in [0.25, 0.3) is 0 Å². The maximum atomic E-state index is 11.4. The summed E-state index contributed by atoms with van der Waals surface area (Å²) in [5, 5.41) is 12.7. The van der Waals surface area contributed by atoms with E-state index in [1.54, 1.807) is 6.20 Å². The van der Waals surface area contributed by atoms with Crippen LogP contribution in [0.2, 0.25) is 0 Å². The highest BCUT2D eigenvalue weighted by Crippen LogP contribution is 2.35. The lowest BCUT2D eigenvalue weighted by molar-refractivity contribution is -0.137. The van der Waals surface area contributed by atoms with Gasteiger partial charge in [0.2, 0.25) is 0 Å². The third kappa shape index (κ3) is 6.28. The van der Waals surface area contributed by atoms with E-state index in [2.05, 4.69) is 34.6 Å². The molecule has 1 heterocycles. The van der Waals surface area contributed by atoms with E-state index >= 15 is 0 Å². The molecule has 2 N–H and O–H groups in total. The molecule has 6 heteroatoms. The maximum absolute atomic E-state index is 11.4. The molecule has 0 radical (unpaired) electrons. The topological polar surface area (TPSA) is 80.7 Å². The van der Waals surface area contributed by atoms with Crippen molar-refractivity contribution in [3.63, 3.8) is 0 Å². The van der Waals surface area contributed by atoms with Crippen LogP contribution in [0.25, 0.3) is 0 Å². The third-order valence-corrected chi connectivity index (χ3v) is 5.94. The summed E-state index contributed by atoms with van der Waals surface area (Å²) in [6.45, 7) is 5.33. The van der Waals surface area contributed by atoms with Gasteiger partial charge < -0.3 is 19.9 Å². The third-order valence-electron chi connectivity index (χ3n) is 5.94. The van der Waals surface area contributed by atoms with Gasteiger partial charge >= 0.3 is 5.97 Å². The predicted molar refractivity (Wildman–Crippen MR) is 133 cm³/mol. The molecule has 4 rings (SSSR count). The molecule has 0 bridgehead atoms. The molecule has 1 atom stereocenters. The number of aliphatic carboxylic acids is 1. The van der Waals surface area contributed by atoms with E-state index in [1.807, 2.05) is 44.2 Å². The number of carboxylic acid groups (broad SMARTS) is 1. The number of hydrogen-bond donors (Lipinski definition) is 2. The molecule has 1 unspecified atom stereocenters. The Morgan fingerprint density at radius 1 is 1.09 bits per heavy atom. The Kier molecular flexibility index (Phi) is 7.68. The average Bonchev–Trinajstić information content (AvgIpc) is 2.94. The number of anilines is 1. The van der Waals surface area contributed by atoms with Crippen molar-refractivity contribution in [3.05, 3.63) is 83.0 Å². The van der Waals surface area contributed by atoms with Crippen LogP contribution in [0.3, 0.4) is 0 Å². The number of pyridine rings is 1. The Bertz CT molecular complexity index is 1130. The zero-order valence-corrected chi connectivity index (χ0v) is 19.8. The summed E-state index contributed by atoms with van der Waals surface area (Å²) in [6.07, 6.45) is 4.36. The summed E-state index contributed by atoms with van der Waals surface area (Å²) in [5.41, 5.74) is 4.75. The van der Waals surface area contributed by atoms with Crippen molar-refractivity contribution in [1.29, 1.82) is 0 Å². The highest BCUT2D eigenvalue weighted by atomic mass is 16.5. The highest BCUT2D eigenvalue weighted by molar-refractivity contribution is 5.68. The molecule has 1 aliphatic carbocycles. The minimum Gasteiger partial charge on any atom is -0.494 e. The molecule has 1 aromatic heterocycles. The van der Waals surface area contributed by atoms with E-state index in [9.17, 15) is 9.90 Å². The number of ether oxygens (including phenoxy) is 2. The molecule has 0 fully saturated rings. The number of aromatic nitrogens is 1. The van der Waals surface area contributed by atoms with Crippen LogP contribution in [0.5, 0.6) is 11.5 Å². The van der Waals surface area contributed by atoms with Crippen molar-refractivity contribution < 1.29 is 19.4 Å². The molecule has 34 heavy (non-hydrogen) atoms. The van der Waals surface area contributed by atoms with E-state index in [1.165, 1.54) is 16.7 Å². The summed E-state index contributed by atoms with van der Waals surface area (Å²) in [4.78, 5) is 15.8. The molecule has 0 spiro atoms. The van der Waals surface area contributed by atoms with Crippen LogP contribution >= 0.6 is 0 Å². The molecule has 1 aliphatic rings. The van der Waals surface area contributed by atoms with Crippen molar-refractivity contribution in [2.24, 2.45) is 0 Å². The number of benzene rings is 2. The van der Waals surface area contributed by atoms with Gasteiger partial charge in [0, 0.05) is 18.8 Å². The highest BCUT2D eigenvalue weighted by Gasteiger charge is 2.24. The van der Waals surface area contributed by atoms with Gasteiger partial charge in [0.15, 0.2) is 0 Å². The van der Waals surface area contributed by atoms with E-state index in [4.69, 9.17) is 9.47 Å². The fourth-order valence-electron chi connectivity index (χ4n) is 4.45. The van der Waals surface area contributed by atoms with Gasteiger partial charge in [-0.15, -0.1) is 0 Å². The van der Waals surface area contributed by atoms with Crippen LogP contribution < -0.4 is 14.8 Å². The smallest absolute Gasteiger partial charge is 0.303 e. The lowest BCUT2D eigenvalue weighted by atomic mass is 9.89. The van der Waals surface area contributed by atoms with Gasteiger partial charge in [-0.3, -0.25) is 4.79 Å². The number of hydrogen-bond acceptors (Lipinski definition) is 5. The van der Waals surface area contributed by atoms with Crippen molar-refractivity contribution in [3.8, 4) is 11.5 Å². The van der Waals surface area contributed by atoms with Gasteiger partial charge in [-0.25, -0.2) is 4.98 Å². The van der Waals surface area contributed by atoms with Crippen LogP contribution in [0.4, 0.5) is 5.82 Å². The average molecular weight is 461 g/mol. The zero-order chi connectivity index (χ0) is 23.9. The Balaban J connectivity index is 1.33. The molecule has 0 amide bonds. The van der Waals surface area contributed by atoms with Gasteiger partial charge in [-0.1, -0.05) is 30.3 Å². The number of nitrogens with zero attached hydrogens (tertiary/aromatic N) is 1. The van der Waals surface area contributed by atoms with Crippen molar-refractivity contribution in [2.45, 2.75) is 51.6 Å². The molecule has 2 aromatic carbocycles. The molecule has 178 valence electrons. The summed E-state index contributed by atoms with van der Waals surface area (Å²) in [6, 6.07) is 18.1. The van der Waals surface area contributed by atoms with E-state index in [0.29, 0.717) is 6.61 Å². The first-order valence-corrected chi connectivity index (χ1v) is 11.9. The normalized spacial score (nSPS) is 14.6. The fourth-order valence-corrected chi connectivity index (χ4v) is 4.45. The summed E-state index contributed by atoms with van der Waals surface area (Å²) in [5.74, 6) is 1.68. The molecule has 6 nitrogen and oxygen atoms in total. The molecule has 0 saturated carbocycles. The number of carbonyl (C=O) groups is 1. The molecule has 0 aliphatic heterocycles. The minimum atomic E-state index is -0.758. The Morgan fingerprint density at radius 3 is 2.76 bits per heavy atom. The van der Waals surface area contributed by atoms with E-state index in [-0.39, 0.29) is 18.4 Å². The van der Waals surface area contributed by atoms with Crippen molar-refractivity contribution in [1.82, 2.24) is 4.98 Å². The molecule has 3 aromatic rings. The second-order valence-corrected chi connectivity index (χ2v) is 8.98. The van der Waals surface area contributed by atoms with Crippen LogP contribution in [0.1, 0.15) is 54.9 Å². The fraction of sp³-hybridized carbons (Fsp3) is 0.357. The largest absolute Gasteiger partial charge is 0.494 e. The van der Waals surface area contributed by atoms with Crippen molar-refractivity contribution >= 4 is 11.8 Å². The number of nitrogens with one attached hydrogen (secondary N) is 1. The Morgan fingerprint density at radius 2 is 1.94 bits per heavy atom. The van der Waals surface area contributed by atoms with Gasteiger partial charge in [-0.2, -0.15) is 0 Å². The number of fused-ring (bicyclic) bond motifs is 2. The number of carboxylic acids is 1.